The molecule has 0 saturated carbocycles. The number of hydrogen-bond donors (Lipinski definition) is 2. The van der Waals surface area contributed by atoms with Gasteiger partial charge in [0.1, 0.15) is 11.6 Å². The molecule has 0 radical (unpaired) electrons. The van der Waals surface area contributed by atoms with E-state index in [0.717, 1.165) is 9.99 Å². The first-order valence-corrected chi connectivity index (χ1v) is 6.07. The van der Waals surface area contributed by atoms with Gasteiger partial charge in [-0.05, 0) is 18.2 Å². The molecular weight excluding hydrogens is 302 g/mol. The number of nitrogens with one attached hydrogen (secondary N) is 2. The van der Waals surface area contributed by atoms with Crippen molar-refractivity contribution in [2.24, 2.45) is 0 Å². The molecule has 6 nitrogen and oxygen atoms in total. The lowest BCUT2D eigenvalue weighted by Crippen LogP contribution is -2.31. The molecule has 1 aliphatic rings. The van der Waals surface area contributed by atoms with Gasteiger partial charge in [-0.25, -0.2) is 9.78 Å². The standard InChI is InChI=1S/C11H8BrN3O3/c12-5-1-2-6-8(3-5)18-9(13-6)4-7-10(16)15-11(17)14-7/h1-3,7H,4H2,(H2,14,15,16,17). The Balaban J connectivity index is 1.87. The molecule has 0 spiro atoms. The van der Waals surface area contributed by atoms with Crippen LogP contribution in [0.2, 0.25) is 0 Å². The van der Waals surface area contributed by atoms with Gasteiger partial charge in [0.25, 0.3) is 5.91 Å². The van der Waals surface area contributed by atoms with Gasteiger partial charge in [-0.15, -0.1) is 0 Å². The number of nitrogens with zero attached hydrogens (tertiary/aromatic N) is 1. The molecule has 18 heavy (non-hydrogen) atoms. The van der Waals surface area contributed by atoms with Gasteiger partial charge in [-0.1, -0.05) is 15.9 Å². The summed E-state index contributed by atoms with van der Waals surface area (Å²) in [6.07, 6.45) is 0.240. The van der Waals surface area contributed by atoms with Gasteiger partial charge in [-0.2, -0.15) is 0 Å². The van der Waals surface area contributed by atoms with Gasteiger partial charge >= 0.3 is 6.03 Å². The molecule has 0 bridgehead atoms. The van der Waals surface area contributed by atoms with Gasteiger partial charge in [0.2, 0.25) is 0 Å². The number of hydrogen-bond acceptors (Lipinski definition) is 4. The summed E-state index contributed by atoms with van der Waals surface area (Å²) in [7, 11) is 0. The molecule has 3 rings (SSSR count). The predicted molar refractivity (Wildman–Crippen MR) is 65.9 cm³/mol. The minimum Gasteiger partial charge on any atom is -0.441 e. The van der Waals surface area contributed by atoms with E-state index < -0.39 is 12.1 Å². The van der Waals surface area contributed by atoms with Crippen LogP contribution in [-0.4, -0.2) is 23.0 Å². The molecule has 1 unspecified atom stereocenters. The maximum atomic E-state index is 11.4. The fraction of sp³-hybridized carbons (Fsp3) is 0.182. The third-order valence-electron chi connectivity index (χ3n) is 2.63. The number of amides is 3. The third-order valence-corrected chi connectivity index (χ3v) is 3.13. The minimum absolute atomic E-state index is 0.240. The monoisotopic (exact) mass is 309 g/mol. The first-order valence-electron chi connectivity index (χ1n) is 5.28. The van der Waals surface area contributed by atoms with Crippen LogP contribution >= 0.6 is 15.9 Å². The summed E-state index contributed by atoms with van der Waals surface area (Å²) in [5, 5.41) is 4.66. The molecule has 1 fully saturated rings. The molecule has 2 N–H and O–H groups in total. The molecule has 1 aromatic carbocycles. The lowest BCUT2D eigenvalue weighted by molar-refractivity contribution is -0.120. The van der Waals surface area contributed by atoms with Crippen molar-refractivity contribution >= 4 is 39.0 Å². The summed E-state index contributed by atoms with van der Waals surface area (Å²) in [6.45, 7) is 0. The Morgan fingerprint density at radius 3 is 2.94 bits per heavy atom. The molecule has 1 aliphatic heterocycles. The summed E-state index contributed by atoms with van der Waals surface area (Å²) in [6, 6.07) is 4.38. The normalized spacial score (nSPS) is 19.1. The number of rotatable bonds is 2. The average molecular weight is 310 g/mol. The van der Waals surface area contributed by atoms with Gasteiger partial charge < -0.3 is 9.73 Å². The molecular formula is C11H8BrN3O3. The number of urea groups is 1. The number of oxazole rings is 1. The Hall–Kier alpha value is -1.89. The van der Waals surface area contributed by atoms with Crippen LogP contribution < -0.4 is 10.6 Å². The third kappa shape index (κ3) is 1.97. The van der Waals surface area contributed by atoms with Crippen molar-refractivity contribution in [2.45, 2.75) is 12.5 Å². The van der Waals surface area contributed by atoms with Crippen LogP contribution in [0.4, 0.5) is 4.79 Å². The van der Waals surface area contributed by atoms with Crippen LogP contribution in [0.15, 0.2) is 27.1 Å². The zero-order chi connectivity index (χ0) is 12.7. The van der Waals surface area contributed by atoms with Crippen molar-refractivity contribution in [3.63, 3.8) is 0 Å². The van der Waals surface area contributed by atoms with Crippen LogP contribution in [0.25, 0.3) is 11.1 Å². The van der Waals surface area contributed by atoms with Crippen LogP contribution in [0.1, 0.15) is 5.89 Å². The van der Waals surface area contributed by atoms with Gasteiger partial charge in [0, 0.05) is 4.47 Å². The first kappa shape index (κ1) is 11.2. The fourth-order valence-electron chi connectivity index (χ4n) is 1.81. The highest BCUT2D eigenvalue weighted by molar-refractivity contribution is 9.10. The van der Waals surface area contributed by atoms with Crippen molar-refractivity contribution in [1.82, 2.24) is 15.6 Å². The Morgan fingerprint density at radius 1 is 1.39 bits per heavy atom. The molecule has 1 saturated heterocycles. The zero-order valence-corrected chi connectivity index (χ0v) is 10.7. The van der Waals surface area contributed by atoms with Crippen LogP contribution in [0.5, 0.6) is 0 Å². The van der Waals surface area contributed by atoms with E-state index in [4.69, 9.17) is 4.42 Å². The van der Waals surface area contributed by atoms with E-state index in [1.54, 1.807) is 6.07 Å². The SMILES string of the molecule is O=C1NC(=O)C(Cc2nc3ccc(Br)cc3o2)N1. The largest absolute Gasteiger partial charge is 0.441 e. The summed E-state index contributed by atoms with van der Waals surface area (Å²) >= 11 is 3.34. The molecule has 2 heterocycles. The van der Waals surface area contributed by atoms with Crippen LogP contribution in [0, 0.1) is 0 Å². The number of carbonyl (C=O) groups excluding carboxylic acids is 2. The Morgan fingerprint density at radius 2 is 2.22 bits per heavy atom. The lowest BCUT2D eigenvalue weighted by atomic mass is 10.2. The maximum Gasteiger partial charge on any atom is 0.322 e. The van der Waals surface area contributed by atoms with Crippen molar-refractivity contribution in [3.8, 4) is 0 Å². The van der Waals surface area contributed by atoms with Gasteiger partial charge in [-0.3, -0.25) is 10.1 Å². The van der Waals surface area contributed by atoms with E-state index in [0.29, 0.717) is 11.5 Å². The second kappa shape index (κ2) is 4.09. The first-order chi connectivity index (χ1) is 8.61. The molecule has 2 aromatic rings. The molecule has 0 aliphatic carbocycles. The van der Waals surface area contributed by atoms with Crippen molar-refractivity contribution in [2.75, 3.05) is 0 Å². The fourth-order valence-corrected chi connectivity index (χ4v) is 2.15. The highest BCUT2D eigenvalue weighted by atomic mass is 79.9. The van der Waals surface area contributed by atoms with Gasteiger partial charge in [0.15, 0.2) is 11.5 Å². The molecule has 1 aromatic heterocycles. The van der Waals surface area contributed by atoms with E-state index in [1.165, 1.54) is 0 Å². The smallest absolute Gasteiger partial charge is 0.322 e. The van der Waals surface area contributed by atoms with E-state index >= 15 is 0 Å². The Labute approximate surface area is 110 Å². The highest BCUT2D eigenvalue weighted by Gasteiger charge is 2.30. The summed E-state index contributed by atoms with van der Waals surface area (Å²) < 4.78 is 6.42. The number of halogens is 1. The lowest BCUT2D eigenvalue weighted by Gasteiger charge is -2.01. The molecule has 1 atom stereocenters. The number of benzene rings is 1. The highest BCUT2D eigenvalue weighted by Crippen LogP contribution is 2.21. The molecule has 92 valence electrons. The Bertz CT molecular complexity index is 652. The zero-order valence-electron chi connectivity index (χ0n) is 9.07. The molecule has 3 amide bonds. The van der Waals surface area contributed by atoms with E-state index in [9.17, 15) is 9.59 Å². The average Bonchev–Trinajstić information content (AvgIpc) is 2.82. The minimum atomic E-state index is -0.617. The van der Waals surface area contributed by atoms with Crippen LogP contribution in [-0.2, 0) is 11.2 Å². The number of imide groups is 1. The quantitative estimate of drug-likeness (QED) is 0.820. The van der Waals surface area contributed by atoms with Crippen molar-refractivity contribution in [1.29, 1.82) is 0 Å². The number of fused-ring (bicyclic) bond motifs is 1. The summed E-state index contributed by atoms with van der Waals surface area (Å²) in [5.74, 6) is 0.0638. The maximum absolute atomic E-state index is 11.4. The summed E-state index contributed by atoms with van der Waals surface area (Å²) in [4.78, 5) is 26.6. The number of aromatic nitrogens is 1. The van der Waals surface area contributed by atoms with Crippen molar-refractivity contribution < 1.29 is 14.0 Å². The van der Waals surface area contributed by atoms with Crippen molar-refractivity contribution in [3.05, 3.63) is 28.6 Å². The van der Waals surface area contributed by atoms with E-state index in [-0.39, 0.29) is 12.3 Å². The summed E-state index contributed by atoms with van der Waals surface area (Å²) in [5.41, 5.74) is 1.36. The van der Waals surface area contributed by atoms with E-state index in [1.807, 2.05) is 12.1 Å². The Kier molecular flexibility index (Phi) is 2.55. The van der Waals surface area contributed by atoms with Gasteiger partial charge in [0.05, 0.1) is 6.42 Å². The van der Waals surface area contributed by atoms with E-state index in [2.05, 4.69) is 31.5 Å². The predicted octanol–water partition coefficient (Wildman–Crippen LogP) is 1.34. The second-order valence-corrected chi connectivity index (χ2v) is 4.85. The molecule has 7 heteroatoms. The number of carbonyl (C=O) groups is 2. The topological polar surface area (TPSA) is 84.2 Å². The van der Waals surface area contributed by atoms with Crippen LogP contribution in [0.3, 0.4) is 0 Å². The second-order valence-electron chi connectivity index (χ2n) is 3.94.